The van der Waals surface area contributed by atoms with Crippen molar-refractivity contribution in [1.82, 2.24) is 0 Å². The molecule has 0 aromatic heterocycles. The van der Waals surface area contributed by atoms with E-state index in [1.54, 1.807) is 31.4 Å². The van der Waals surface area contributed by atoms with Crippen molar-refractivity contribution in [1.29, 1.82) is 0 Å². The molecule has 0 atom stereocenters. The van der Waals surface area contributed by atoms with Crippen molar-refractivity contribution < 1.29 is 19.1 Å². The molecule has 4 aliphatic carbocycles. The average molecular weight is 437 g/mol. The highest BCUT2D eigenvalue weighted by Crippen LogP contribution is 2.62. The molecule has 31 heavy (non-hydrogen) atoms. The zero-order valence-corrected chi connectivity index (χ0v) is 18.9. The minimum absolute atomic E-state index is 0.0134. The van der Waals surface area contributed by atoms with Crippen LogP contribution in [0.1, 0.15) is 64.8 Å². The van der Waals surface area contributed by atoms with Crippen molar-refractivity contribution in [2.75, 3.05) is 14.2 Å². The molecule has 4 bridgehead atoms. The molecule has 2 aromatic carbocycles. The number of esters is 1. The summed E-state index contributed by atoms with van der Waals surface area (Å²) >= 11 is 1.19. The maximum Gasteiger partial charge on any atom is 0.337 e. The summed E-state index contributed by atoms with van der Waals surface area (Å²) in [5.41, 5.74) is 2.60. The van der Waals surface area contributed by atoms with Gasteiger partial charge in [0.15, 0.2) is 0 Å². The molecule has 0 heterocycles. The Morgan fingerprint density at radius 3 is 2.00 bits per heavy atom. The largest absolute Gasteiger partial charge is 0.496 e. The molecule has 6 rings (SSSR count). The first-order valence-electron chi connectivity index (χ1n) is 11.1. The van der Waals surface area contributed by atoms with Gasteiger partial charge in [-0.05, 0) is 116 Å². The van der Waals surface area contributed by atoms with Crippen LogP contribution < -0.4 is 4.74 Å². The van der Waals surface area contributed by atoms with Crippen LogP contribution in [0.4, 0.5) is 0 Å². The lowest BCUT2D eigenvalue weighted by Crippen LogP contribution is -2.48. The lowest BCUT2D eigenvalue weighted by Gasteiger charge is -2.57. The van der Waals surface area contributed by atoms with E-state index in [2.05, 4.69) is 6.07 Å². The van der Waals surface area contributed by atoms with Crippen LogP contribution in [0.5, 0.6) is 5.75 Å². The van der Waals surface area contributed by atoms with Gasteiger partial charge in [-0.2, -0.15) is 0 Å². The molecule has 0 radical (unpaired) electrons. The molecule has 0 aliphatic heterocycles. The Morgan fingerprint density at radius 2 is 1.45 bits per heavy atom. The first-order valence-corrected chi connectivity index (χ1v) is 11.9. The van der Waals surface area contributed by atoms with Crippen LogP contribution in [0.2, 0.25) is 0 Å². The summed E-state index contributed by atoms with van der Waals surface area (Å²) in [6, 6.07) is 12.9. The normalized spacial score (nSPS) is 28.4. The SMILES string of the molecule is COC(=O)c1ccc(SC(=O)c2ccc(OC)c(C34CC5CC(CC(C5)C3)C4)c2)cc1. The van der Waals surface area contributed by atoms with Crippen LogP contribution in [-0.4, -0.2) is 25.3 Å². The lowest BCUT2D eigenvalue weighted by molar-refractivity contribution is -0.00617. The van der Waals surface area contributed by atoms with E-state index < -0.39 is 0 Å². The number of carbonyl (C=O) groups is 2. The highest BCUT2D eigenvalue weighted by molar-refractivity contribution is 8.14. The maximum atomic E-state index is 13.1. The maximum absolute atomic E-state index is 13.1. The quantitative estimate of drug-likeness (QED) is 0.433. The van der Waals surface area contributed by atoms with Crippen LogP contribution in [0.25, 0.3) is 0 Å². The van der Waals surface area contributed by atoms with Gasteiger partial charge in [-0.25, -0.2) is 4.79 Å². The van der Waals surface area contributed by atoms with Gasteiger partial charge < -0.3 is 9.47 Å². The van der Waals surface area contributed by atoms with E-state index in [0.717, 1.165) is 28.4 Å². The van der Waals surface area contributed by atoms with E-state index in [1.807, 2.05) is 12.1 Å². The van der Waals surface area contributed by atoms with Crippen molar-refractivity contribution in [2.24, 2.45) is 17.8 Å². The molecule has 4 aliphatic rings. The number of benzene rings is 2. The summed E-state index contributed by atoms with van der Waals surface area (Å²) in [5, 5.41) is 0.0134. The molecule has 5 heteroatoms. The number of carbonyl (C=O) groups excluding carboxylic acids is 2. The molecule has 0 saturated heterocycles. The highest BCUT2D eigenvalue weighted by atomic mass is 32.2. The third-order valence-electron chi connectivity index (χ3n) is 7.53. The number of methoxy groups -OCH3 is 2. The summed E-state index contributed by atoms with van der Waals surface area (Å²) < 4.78 is 10.5. The lowest BCUT2D eigenvalue weighted by atomic mass is 9.48. The summed E-state index contributed by atoms with van der Waals surface area (Å²) in [5.74, 6) is 3.04. The Morgan fingerprint density at radius 1 is 0.871 bits per heavy atom. The van der Waals surface area contributed by atoms with E-state index in [9.17, 15) is 9.59 Å². The van der Waals surface area contributed by atoms with Gasteiger partial charge in [0.1, 0.15) is 5.75 Å². The third kappa shape index (κ3) is 3.78. The number of rotatable bonds is 5. The van der Waals surface area contributed by atoms with Crippen molar-refractivity contribution >= 4 is 22.8 Å². The van der Waals surface area contributed by atoms with Crippen molar-refractivity contribution in [3.8, 4) is 5.75 Å². The number of hydrogen-bond donors (Lipinski definition) is 0. The van der Waals surface area contributed by atoms with Crippen molar-refractivity contribution in [2.45, 2.75) is 48.8 Å². The van der Waals surface area contributed by atoms with Crippen LogP contribution in [0.3, 0.4) is 0 Å². The first kappa shape index (κ1) is 20.6. The Kier molecular flexibility index (Phi) is 5.33. The van der Waals surface area contributed by atoms with Gasteiger partial charge in [0.05, 0.1) is 19.8 Å². The summed E-state index contributed by atoms with van der Waals surface area (Å²) in [4.78, 5) is 25.5. The molecule has 4 nitrogen and oxygen atoms in total. The molecule has 0 unspecified atom stereocenters. The van der Waals surface area contributed by atoms with Crippen LogP contribution in [0, 0.1) is 17.8 Å². The summed E-state index contributed by atoms with van der Waals surface area (Å²) in [6.45, 7) is 0. The van der Waals surface area contributed by atoms with Crippen LogP contribution >= 0.6 is 11.8 Å². The summed E-state index contributed by atoms with van der Waals surface area (Å²) in [7, 11) is 3.10. The van der Waals surface area contributed by atoms with Crippen molar-refractivity contribution in [3.63, 3.8) is 0 Å². The number of ether oxygens (including phenoxy) is 2. The molecular formula is C26H28O4S. The molecule has 0 N–H and O–H groups in total. The molecule has 4 saturated carbocycles. The van der Waals surface area contributed by atoms with Crippen LogP contribution in [-0.2, 0) is 10.2 Å². The minimum atomic E-state index is -0.377. The predicted molar refractivity (Wildman–Crippen MR) is 121 cm³/mol. The monoisotopic (exact) mass is 436 g/mol. The Labute approximate surface area is 187 Å². The van der Waals surface area contributed by atoms with Gasteiger partial charge in [0, 0.05) is 16.0 Å². The predicted octanol–water partition coefficient (Wildman–Crippen LogP) is 5.88. The van der Waals surface area contributed by atoms with Gasteiger partial charge in [-0.1, -0.05) is 0 Å². The minimum Gasteiger partial charge on any atom is -0.496 e. The second kappa shape index (κ2) is 8.01. The molecule has 162 valence electrons. The van der Waals surface area contributed by atoms with Gasteiger partial charge in [0.25, 0.3) is 0 Å². The molecule has 4 fully saturated rings. The number of thioether (sulfide) groups is 1. The van der Waals surface area contributed by atoms with E-state index in [-0.39, 0.29) is 16.5 Å². The van der Waals surface area contributed by atoms with E-state index in [4.69, 9.17) is 9.47 Å². The van der Waals surface area contributed by atoms with Gasteiger partial charge >= 0.3 is 5.97 Å². The molecule has 2 aromatic rings. The standard InChI is InChI=1S/C26H28O4S/c1-29-23-8-5-20(25(28)31-21-6-3-19(4-7-21)24(27)30-2)12-22(23)26-13-16-9-17(14-26)11-18(10-16)15-26/h3-8,12,16-18H,9-11,13-15H2,1-2H3. The Hall–Kier alpha value is -2.27. The van der Waals surface area contributed by atoms with E-state index in [0.29, 0.717) is 11.1 Å². The molecule has 0 amide bonds. The first-order chi connectivity index (χ1) is 15.0. The Balaban J connectivity index is 1.41. The van der Waals surface area contributed by atoms with E-state index >= 15 is 0 Å². The highest BCUT2D eigenvalue weighted by Gasteiger charge is 2.52. The molecular weight excluding hydrogens is 408 g/mol. The topological polar surface area (TPSA) is 52.6 Å². The van der Waals surface area contributed by atoms with Gasteiger partial charge in [-0.15, -0.1) is 0 Å². The van der Waals surface area contributed by atoms with E-state index in [1.165, 1.54) is 63.0 Å². The average Bonchev–Trinajstić information content (AvgIpc) is 2.77. The summed E-state index contributed by atoms with van der Waals surface area (Å²) in [6.07, 6.45) is 7.85. The fraction of sp³-hybridized carbons (Fsp3) is 0.462. The molecule has 0 spiro atoms. The van der Waals surface area contributed by atoms with Crippen LogP contribution in [0.15, 0.2) is 47.4 Å². The fourth-order valence-corrected chi connectivity index (χ4v) is 7.36. The second-order valence-electron chi connectivity index (χ2n) is 9.52. The second-order valence-corrected chi connectivity index (χ2v) is 10.6. The smallest absolute Gasteiger partial charge is 0.337 e. The zero-order chi connectivity index (χ0) is 21.6. The third-order valence-corrected chi connectivity index (χ3v) is 8.46. The van der Waals surface area contributed by atoms with Gasteiger partial charge in [0.2, 0.25) is 5.12 Å². The number of hydrogen-bond acceptors (Lipinski definition) is 5. The van der Waals surface area contributed by atoms with Crippen molar-refractivity contribution in [3.05, 3.63) is 59.2 Å². The fourth-order valence-electron chi connectivity index (χ4n) is 6.63. The Bertz CT molecular complexity index is 975. The zero-order valence-electron chi connectivity index (χ0n) is 18.1. The van der Waals surface area contributed by atoms with Gasteiger partial charge in [-0.3, -0.25) is 4.79 Å².